The third kappa shape index (κ3) is 3.12. The van der Waals surface area contributed by atoms with Gasteiger partial charge in [-0.2, -0.15) is 0 Å². The van der Waals surface area contributed by atoms with Crippen LogP contribution in [0.25, 0.3) is 11.3 Å². The van der Waals surface area contributed by atoms with Gasteiger partial charge in [0.1, 0.15) is 4.88 Å². The van der Waals surface area contributed by atoms with E-state index in [1.807, 2.05) is 30.3 Å². The van der Waals surface area contributed by atoms with Gasteiger partial charge >= 0.3 is 0 Å². The molecular weight excluding hydrogens is 410 g/mol. The molecule has 0 saturated carbocycles. The lowest BCUT2D eigenvalue weighted by Crippen LogP contribution is -2.23. The van der Waals surface area contributed by atoms with Gasteiger partial charge in [0.15, 0.2) is 16.7 Å². The summed E-state index contributed by atoms with van der Waals surface area (Å²) in [7, 11) is 0. The summed E-state index contributed by atoms with van der Waals surface area (Å²) in [5, 5.41) is 3.06. The van der Waals surface area contributed by atoms with Crippen molar-refractivity contribution in [3.05, 3.63) is 99.9 Å². The quantitative estimate of drug-likeness (QED) is 0.445. The van der Waals surface area contributed by atoms with Crippen molar-refractivity contribution in [2.24, 2.45) is 0 Å². The molecule has 5 rings (SSSR count). The minimum atomic E-state index is -0.444. The molecule has 1 aliphatic carbocycles. The number of benzene rings is 3. The molecule has 1 aliphatic rings. The molecule has 0 fully saturated rings. The average Bonchev–Trinajstić information content (AvgIpc) is 3.20. The van der Waals surface area contributed by atoms with Crippen LogP contribution in [0.3, 0.4) is 0 Å². The van der Waals surface area contributed by atoms with Crippen molar-refractivity contribution in [1.82, 2.24) is 4.98 Å². The number of nitrogens with two attached hydrogens (primary N) is 1. The summed E-state index contributed by atoms with van der Waals surface area (Å²) in [6.07, 6.45) is 0. The smallest absolute Gasteiger partial charge is 0.268 e. The van der Waals surface area contributed by atoms with Crippen LogP contribution in [0, 0.1) is 0 Å². The summed E-state index contributed by atoms with van der Waals surface area (Å²) < 4.78 is 0. The predicted molar refractivity (Wildman–Crippen MR) is 120 cm³/mol. The van der Waals surface area contributed by atoms with Crippen molar-refractivity contribution in [1.29, 1.82) is 0 Å². The van der Waals surface area contributed by atoms with E-state index < -0.39 is 5.91 Å². The Labute approximate surface area is 181 Å². The Kier molecular flexibility index (Phi) is 4.45. The third-order valence-electron chi connectivity index (χ3n) is 5.10. The zero-order chi connectivity index (χ0) is 21.5. The molecule has 1 aromatic heterocycles. The number of aromatic nitrogens is 1. The predicted octanol–water partition coefficient (Wildman–Crippen LogP) is 4.42. The third-order valence-corrected chi connectivity index (χ3v) is 5.98. The molecule has 0 radical (unpaired) electrons. The normalized spacial score (nSPS) is 12.3. The second-order valence-electron chi connectivity index (χ2n) is 6.98. The first-order chi connectivity index (χ1) is 15.0. The van der Waals surface area contributed by atoms with E-state index in [0.29, 0.717) is 21.7 Å². The molecular formula is C24H15N3O3S. The molecule has 0 spiro atoms. The summed E-state index contributed by atoms with van der Waals surface area (Å²) >= 11 is 1.07. The van der Waals surface area contributed by atoms with Gasteiger partial charge in [0.25, 0.3) is 5.91 Å². The number of carbonyl (C=O) groups excluding carboxylic acids is 3. The maximum absolute atomic E-state index is 13.2. The van der Waals surface area contributed by atoms with Crippen molar-refractivity contribution < 1.29 is 14.4 Å². The van der Waals surface area contributed by atoms with E-state index >= 15 is 0 Å². The Morgan fingerprint density at radius 1 is 0.806 bits per heavy atom. The first-order valence-corrected chi connectivity index (χ1v) is 10.3. The van der Waals surface area contributed by atoms with Crippen molar-refractivity contribution in [2.45, 2.75) is 0 Å². The average molecular weight is 425 g/mol. The Balaban J connectivity index is 1.56. The van der Waals surface area contributed by atoms with Crippen LogP contribution in [0.1, 0.15) is 41.5 Å². The zero-order valence-corrected chi connectivity index (χ0v) is 16.9. The Bertz CT molecular complexity index is 1380. The van der Waals surface area contributed by atoms with Crippen molar-refractivity contribution in [3.63, 3.8) is 0 Å². The largest absolute Gasteiger partial charge is 0.375 e. The number of carbonyl (C=O) groups is 3. The fourth-order valence-corrected chi connectivity index (χ4v) is 4.46. The number of amides is 1. The van der Waals surface area contributed by atoms with Crippen molar-refractivity contribution in [3.8, 4) is 11.3 Å². The van der Waals surface area contributed by atoms with Gasteiger partial charge in [0.2, 0.25) is 0 Å². The van der Waals surface area contributed by atoms with Crippen LogP contribution in [-0.2, 0) is 0 Å². The number of anilines is 2. The lowest BCUT2D eigenvalue weighted by molar-refractivity contribution is 0.0978. The fraction of sp³-hybridized carbons (Fsp3) is 0. The van der Waals surface area contributed by atoms with E-state index in [-0.39, 0.29) is 33.5 Å². The van der Waals surface area contributed by atoms with Crippen molar-refractivity contribution >= 4 is 39.6 Å². The molecule has 0 bridgehead atoms. The van der Waals surface area contributed by atoms with Gasteiger partial charge in [-0.25, -0.2) is 4.98 Å². The van der Waals surface area contributed by atoms with Gasteiger partial charge in [-0.3, -0.25) is 14.4 Å². The molecule has 0 aliphatic heterocycles. The molecule has 0 atom stereocenters. The van der Waals surface area contributed by atoms with E-state index in [1.54, 1.807) is 42.5 Å². The highest BCUT2D eigenvalue weighted by atomic mass is 32.1. The van der Waals surface area contributed by atoms with Crippen LogP contribution >= 0.6 is 11.3 Å². The summed E-state index contributed by atoms with van der Waals surface area (Å²) in [5.74, 6) is -0.984. The second kappa shape index (κ2) is 7.30. The molecule has 0 saturated heterocycles. The number of nitrogens with one attached hydrogen (secondary N) is 1. The number of hydrogen-bond donors (Lipinski definition) is 2. The topological polar surface area (TPSA) is 102 Å². The van der Waals surface area contributed by atoms with Crippen LogP contribution in [-0.4, -0.2) is 22.5 Å². The molecule has 6 nitrogen and oxygen atoms in total. The first kappa shape index (κ1) is 18.9. The Hall–Kier alpha value is -4.10. The SMILES string of the molecule is Nc1nc(-c2ccccc2)c(C(=O)Nc2cccc3c2C(=O)c2ccccc2C3=O)s1. The minimum absolute atomic E-state index is 0.193. The number of thiazole rings is 1. The first-order valence-electron chi connectivity index (χ1n) is 9.49. The highest BCUT2D eigenvalue weighted by molar-refractivity contribution is 7.17. The molecule has 7 heteroatoms. The fourth-order valence-electron chi connectivity index (χ4n) is 3.71. The number of rotatable bonds is 3. The lowest BCUT2D eigenvalue weighted by atomic mass is 9.83. The van der Waals surface area contributed by atoms with Crippen LogP contribution in [0.2, 0.25) is 0 Å². The molecule has 3 N–H and O–H groups in total. The van der Waals surface area contributed by atoms with Crippen LogP contribution < -0.4 is 11.1 Å². The number of hydrogen-bond acceptors (Lipinski definition) is 6. The monoisotopic (exact) mass is 425 g/mol. The van der Waals surface area contributed by atoms with Crippen molar-refractivity contribution in [2.75, 3.05) is 11.1 Å². The molecule has 1 amide bonds. The number of nitrogen functional groups attached to an aromatic ring is 1. The highest BCUT2D eigenvalue weighted by Crippen LogP contribution is 2.34. The molecule has 0 unspecified atom stereocenters. The van der Waals surface area contributed by atoms with Gasteiger partial charge in [-0.05, 0) is 6.07 Å². The second-order valence-corrected chi connectivity index (χ2v) is 8.01. The Morgan fingerprint density at radius 3 is 2.19 bits per heavy atom. The van der Waals surface area contributed by atoms with E-state index in [2.05, 4.69) is 10.3 Å². The van der Waals surface area contributed by atoms with Crippen LogP contribution in [0.15, 0.2) is 72.8 Å². The summed E-state index contributed by atoms with van der Waals surface area (Å²) in [5.41, 5.74) is 8.55. The van der Waals surface area contributed by atoms with Gasteiger partial charge in [0, 0.05) is 22.3 Å². The highest BCUT2D eigenvalue weighted by Gasteiger charge is 2.32. The van der Waals surface area contributed by atoms with E-state index in [1.165, 1.54) is 0 Å². The van der Waals surface area contributed by atoms with Gasteiger partial charge in [-0.1, -0.05) is 78.1 Å². The number of nitrogens with zero attached hydrogens (tertiary/aromatic N) is 1. The maximum atomic E-state index is 13.2. The Morgan fingerprint density at radius 2 is 1.45 bits per heavy atom. The minimum Gasteiger partial charge on any atom is -0.375 e. The standard InChI is InChI=1S/C24H15N3O3S/c25-24-27-19(13-7-2-1-3-8-13)22(31-24)23(30)26-17-12-6-11-16-18(17)21(29)15-10-5-4-9-14(15)20(16)28/h1-12H,(H2,25,27)(H,26,30). The number of fused-ring (bicyclic) bond motifs is 2. The number of ketones is 2. The van der Waals surface area contributed by atoms with Gasteiger partial charge < -0.3 is 11.1 Å². The zero-order valence-electron chi connectivity index (χ0n) is 16.1. The van der Waals surface area contributed by atoms with Crippen LogP contribution in [0.4, 0.5) is 10.8 Å². The van der Waals surface area contributed by atoms with E-state index in [9.17, 15) is 14.4 Å². The molecule has 3 aromatic carbocycles. The van der Waals surface area contributed by atoms with E-state index in [4.69, 9.17) is 5.73 Å². The lowest BCUT2D eigenvalue weighted by Gasteiger charge is -2.20. The van der Waals surface area contributed by atoms with Crippen LogP contribution in [0.5, 0.6) is 0 Å². The van der Waals surface area contributed by atoms with E-state index in [0.717, 1.165) is 16.9 Å². The molecule has 4 aromatic rings. The molecule has 150 valence electrons. The van der Waals surface area contributed by atoms with Gasteiger partial charge in [0.05, 0.1) is 16.9 Å². The maximum Gasteiger partial charge on any atom is 0.268 e. The summed E-state index contributed by atoms with van der Waals surface area (Å²) in [6.45, 7) is 0. The summed E-state index contributed by atoms with van der Waals surface area (Å²) in [4.78, 5) is 43.8. The van der Waals surface area contributed by atoms with Gasteiger partial charge in [-0.15, -0.1) is 0 Å². The molecule has 1 heterocycles. The molecule has 31 heavy (non-hydrogen) atoms. The summed E-state index contributed by atoms with van der Waals surface area (Å²) in [6, 6.07) is 20.8.